The van der Waals surface area contributed by atoms with Crippen LogP contribution in [0, 0.1) is 5.92 Å². The van der Waals surface area contributed by atoms with E-state index >= 15 is 0 Å². The van der Waals surface area contributed by atoms with Crippen LogP contribution in [0.3, 0.4) is 0 Å². The summed E-state index contributed by atoms with van der Waals surface area (Å²) in [6, 6.07) is 3.94. The first-order chi connectivity index (χ1) is 15.6. The van der Waals surface area contributed by atoms with Crippen LogP contribution in [0.1, 0.15) is 28.8 Å². The van der Waals surface area contributed by atoms with E-state index < -0.39 is 29.0 Å². The zero-order valence-electron chi connectivity index (χ0n) is 17.7. The standard InChI is InChI=1S/C20H25F3N2O7S/c21-20(22,23)19(27)32-18(26)16-4-3-15(11-17(16)31-13-14-1-2-14)12-25(33(28)29)6-5-24-7-9-30-10-8-24/h3-4,11,14,33H,1-2,5-10,12-13H2. The number of ether oxygens (including phenoxy) is 3. The van der Waals surface area contributed by atoms with Gasteiger partial charge in [0, 0.05) is 32.7 Å². The van der Waals surface area contributed by atoms with Gasteiger partial charge in [-0.25, -0.2) is 18.0 Å². The van der Waals surface area contributed by atoms with Gasteiger partial charge in [0.2, 0.25) is 10.9 Å². The highest BCUT2D eigenvalue weighted by Gasteiger charge is 2.43. The Labute approximate surface area is 190 Å². The highest BCUT2D eigenvalue weighted by Crippen LogP contribution is 2.31. The third-order valence-corrected chi connectivity index (χ3v) is 6.03. The summed E-state index contributed by atoms with van der Waals surface area (Å²) in [6.45, 7) is 3.56. The van der Waals surface area contributed by atoms with Gasteiger partial charge in [0.15, 0.2) is 0 Å². The number of thiol groups is 1. The fraction of sp³-hybridized carbons (Fsp3) is 0.600. The Bertz CT molecular complexity index is 921. The number of rotatable bonds is 10. The van der Waals surface area contributed by atoms with Crippen molar-refractivity contribution in [2.75, 3.05) is 46.0 Å². The second kappa shape index (κ2) is 11.3. The van der Waals surface area contributed by atoms with Gasteiger partial charge in [-0.05, 0) is 36.5 Å². The molecule has 1 aromatic carbocycles. The molecule has 0 spiro atoms. The average molecular weight is 494 g/mol. The molecule has 0 N–H and O–H groups in total. The number of alkyl halides is 3. The molecule has 0 amide bonds. The van der Waals surface area contributed by atoms with Crippen LogP contribution in [-0.2, 0) is 31.7 Å². The van der Waals surface area contributed by atoms with Crippen LogP contribution in [0.15, 0.2) is 18.2 Å². The van der Waals surface area contributed by atoms with E-state index in [1.54, 1.807) is 0 Å². The summed E-state index contributed by atoms with van der Waals surface area (Å²) in [4.78, 5) is 25.3. The van der Waals surface area contributed by atoms with Gasteiger partial charge in [0.25, 0.3) is 0 Å². The zero-order chi connectivity index (χ0) is 24.0. The van der Waals surface area contributed by atoms with Gasteiger partial charge < -0.3 is 14.2 Å². The van der Waals surface area contributed by atoms with Crippen LogP contribution in [0.2, 0.25) is 0 Å². The largest absolute Gasteiger partial charge is 0.492 e. The van der Waals surface area contributed by atoms with E-state index in [4.69, 9.17) is 9.47 Å². The first-order valence-corrected chi connectivity index (χ1v) is 11.5. The van der Waals surface area contributed by atoms with Crippen molar-refractivity contribution in [1.29, 1.82) is 0 Å². The Balaban J connectivity index is 1.71. The summed E-state index contributed by atoms with van der Waals surface area (Å²) in [5.74, 6) is -3.90. The van der Waals surface area contributed by atoms with E-state index in [-0.39, 0.29) is 36.9 Å². The van der Waals surface area contributed by atoms with E-state index in [1.165, 1.54) is 22.5 Å². The van der Waals surface area contributed by atoms with Crippen molar-refractivity contribution in [2.45, 2.75) is 25.6 Å². The molecule has 1 aliphatic heterocycles. The van der Waals surface area contributed by atoms with E-state index in [0.717, 1.165) is 12.8 Å². The van der Waals surface area contributed by atoms with E-state index in [2.05, 4.69) is 9.64 Å². The summed E-state index contributed by atoms with van der Waals surface area (Å²) >= 11 is 0. The minimum atomic E-state index is -5.31. The maximum atomic E-state index is 12.4. The molecule has 13 heteroatoms. The number of carbonyl (C=O) groups is 2. The monoisotopic (exact) mass is 494 g/mol. The summed E-state index contributed by atoms with van der Waals surface area (Å²) in [6.07, 6.45) is -3.46. The van der Waals surface area contributed by atoms with Crippen molar-refractivity contribution < 1.29 is 45.4 Å². The lowest BCUT2D eigenvalue weighted by Crippen LogP contribution is -2.41. The van der Waals surface area contributed by atoms with Crippen LogP contribution < -0.4 is 4.74 Å². The number of benzene rings is 1. The number of carbonyl (C=O) groups excluding carboxylic acids is 2. The molecule has 33 heavy (non-hydrogen) atoms. The van der Waals surface area contributed by atoms with Gasteiger partial charge in [-0.3, -0.25) is 4.90 Å². The van der Waals surface area contributed by atoms with Crippen molar-refractivity contribution in [3.05, 3.63) is 29.3 Å². The molecule has 1 saturated carbocycles. The fourth-order valence-corrected chi connectivity index (χ4v) is 3.68. The topological polar surface area (TPSA) is 102 Å². The van der Waals surface area contributed by atoms with E-state index in [9.17, 15) is 31.2 Å². The van der Waals surface area contributed by atoms with Crippen LogP contribution in [0.4, 0.5) is 13.2 Å². The SMILES string of the molecule is O=C(OC(=O)C(F)(F)F)c1ccc(CN(CCN2CCOCC2)[SH](=O)=O)cc1OCC1CC1. The summed E-state index contributed by atoms with van der Waals surface area (Å²) in [7, 11) is -2.90. The molecular weight excluding hydrogens is 469 g/mol. The number of morpholine rings is 1. The molecule has 2 aliphatic rings. The maximum absolute atomic E-state index is 12.4. The highest BCUT2D eigenvalue weighted by molar-refractivity contribution is 7.69. The molecular formula is C20H25F3N2O7S. The van der Waals surface area contributed by atoms with Gasteiger partial charge in [-0.2, -0.15) is 17.5 Å². The molecule has 1 heterocycles. The lowest BCUT2D eigenvalue weighted by Gasteiger charge is -2.28. The Kier molecular flexibility index (Phi) is 8.68. The number of hydrogen-bond donors (Lipinski definition) is 1. The lowest BCUT2D eigenvalue weighted by atomic mass is 10.1. The summed E-state index contributed by atoms with van der Waals surface area (Å²) in [5.41, 5.74) is 0.129. The zero-order valence-corrected chi connectivity index (χ0v) is 18.6. The second-order valence-corrected chi connectivity index (χ2v) is 8.88. The van der Waals surface area contributed by atoms with Gasteiger partial charge in [-0.15, -0.1) is 0 Å². The molecule has 1 aliphatic carbocycles. The van der Waals surface area contributed by atoms with Crippen molar-refractivity contribution in [3.63, 3.8) is 0 Å². The van der Waals surface area contributed by atoms with Crippen molar-refractivity contribution >= 4 is 22.8 Å². The Morgan fingerprint density at radius 3 is 2.48 bits per heavy atom. The fourth-order valence-electron chi connectivity index (χ4n) is 3.15. The van der Waals surface area contributed by atoms with Crippen molar-refractivity contribution in [3.8, 4) is 5.75 Å². The molecule has 1 aromatic rings. The third-order valence-electron chi connectivity index (χ3n) is 5.23. The summed E-state index contributed by atoms with van der Waals surface area (Å²) in [5, 5.41) is 0. The quantitative estimate of drug-likeness (QED) is 0.296. The first kappa shape index (κ1) is 25.4. The molecule has 1 saturated heterocycles. The molecule has 0 radical (unpaired) electrons. The number of nitrogens with zero attached hydrogens (tertiary/aromatic N) is 2. The molecule has 184 valence electrons. The number of hydrogen-bond acceptors (Lipinski definition) is 8. The summed E-state index contributed by atoms with van der Waals surface area (Å²) < 4.78 is 76.9. The number of halogens is 3. The smallest absolute Gasteiger partial charge is 0.491 e. The predicted molar refractivity (Wildman–Crippen MR) is 109 cm³/mol. The van der Waals surface area contributed by atoms with Crippen LogP contribution in [0.25, 0.3) is 0 Å². The van der Waals surface area contributed by atoms with Gasteiger partial charge in [0.05, 0.1) is 19.8 Å². The van der Waals surface area contributed by atoms with E-state index in [1.807, 2.05) is 0 Å². The molecule has 3 rings (SSSR count). The molecule has 0 aromatic heterocycles. The van der Waals surface area contributed by atoms with Crippen LogP contribution in [0.5, 0.6) is 5.75 Å². The third kappa shape index (κ3) is 7.95. The van der Waals surface area contributed by atoms with E-state index in [0.29, 0.717) is 38.4 Å². The minimum absolute atomic E-state index is 0.0142. The van der Waals surface area contributed by atoms with Gasteiger partial charge in [0.1, 0.15) is 11.3 Å². The Morgan fingerprint density at radius 2 is 1.88 bits per heavy atom. The molecule has 0 atom stereocenters. The van der Waals surface area contributed by atoms with Gasteiger partial charge in [-0.1, -0.05) is 6.07 Å². The van der Waals surface area contributed by atoms with Crippen LogP contribution >= 0.6 is 0 Å². The number of esters is 2. The normalized spacial score (nSPS) is 17.4. The molecule has 2 fully saturated rings. The highest BCUT2D eigenvalue weighted by atomic mass is 32.2. The van der Waals surface area contributed by atoms with Crippen molar-refractivity contribution in [1.82, 2.24) is 9.21 Å². The van der Waals surface area contributed by atoms with Crippen molar-refractivity contribution in [2.24, 2.45) is 5.92 Å². The second-order valence-electron chi connectivity index (χ2n) is 7.84. The maximum Gasteiger partial charge on any atom is 0.491 e. The lowest BCUT2D eigenvalue weighted by molar-refractivity contribution is -0.193. The first-order valence-electron chi connectivity index (χ1n) is 10.4. The van der Waals surface area contributed by atoms with Crippen LogP contribution in [-0.4, -0.2) is 81.7 Å². The Morgan fingerprint density at radius 1 is 1.18 bits per heavy atom. The Hall–Kier alpha value is -2.22. The molecule has 9 nitrogen and oxygen atoms in total. The molecule has 0 bridgehead atoms. The molecule has 0 unspecified atom stereocenters. The average Bonchev–Trinajstić information content (AvgIpc) is 3.59. The predicted octanol–water partition coefficient (Wildman–Crippen LogP) is 1.38. The van der Waals surface area contributed by atoms with Gasteiger partial charge >= 0.3 is 18.1 Å². The minimum Gasteiger partial charge on any atom is -0.492 e.